The molecule has 1 unspecified atom stereocenters. The average Bonchev–Trinajstić information content (AvgIpc) is 3.36. The van der Waals surface area contributed by atoms with Gasteiger partial charge in [0, 0.05) is 54.8 Å². The second kappa shape index (κ2) is 11.4. The SMILES string of the molecule is CN1CC(Oc2ccc(Nc3cc(-c4cc(F)cc([N+]5([O-])CCc6c(sc7c6CCCC7)C5)c4CO)cn(C)c3=O)nc2)C1. The van der Waals surface area contributed by atoms with Crippen molar-refractivity contribution in [3.05, 3.63) is 90.5 Å². The van der Waals surface area contributed by atoms with E-state index in [1.165, 1.54) is 45.5 Å². The van der Waals surface area contributed by atoms with E-state index in [1.807, 2.05) is 7.05 Å². The monoisotopic (exact) mass is 617 g/mol. The summed E-state index contributed by atoms with van der Waals surface area (Å²) in [5.41, 5.74) is 4.17. The number of fused-ring (bicyclic) bond motifs is 3. The van der Waals surface area contributed by atoms with Gasteiger partial charge in [-0.15, -0.1) is 11.3 Å². The number of hydroxylamine groups is 2. The molecule has 0 bridgehead atoms. The fraction of sp³-hybridized carbons (Fsp3) is 0.394. The third-order valence-electron chi connectivity index (χ3n) is 9.10. The molecule has 1 aromatic carbocycles. The van der Waals surface area contributed by atoms with Gasteiger partial charge < -0.3 is 29.6 Å². The Morgan fingerprint density at radius 3 is 2.68 bits per heavy atom. The molecular formula is C33H36FN5O4S. The van der Waals surface area contributed by atoms with Crippen LogP contribution in [0.1, 0.15) is 39.3 Å². The summed E-state index contributed by atoms with van der Waals surface area (Å²) in [5, 5.41) is 28.1. The number of aliphatic hydroxyl groups is 1. The Labute approximate surface area is 259 Å². The van der Waals surface area contributed by atoms with Crippen LogP contribution in [0.25, 0.3) is 11.1 Å². The van der Waals surface area contributed by atoms with Crippen LogP contribution in [0.15, 0.2) is 47.5 Å². The molecule has 1 fully saturated rings. The predicted octanol–water partition coefficient (Wildman–Crippen LogP) is 5.02. The maximum Gasteiger partial charge on any atom is 0.274 e. The number of anilines is 2. The molecule has 4 aromatic rings. The molecule has 0 spiro atoms. The van der Waals surface area contributed by atoms with E-state index in [9.17, 15) is 15.1 Å². The van der Waals surface area contributed by atoms with E-state index in [2.05, 4.69) is 15.2 Å². The topological polar surface area (TPSA) is 103 Å². The number of nitrogens with one attached hydrogen (secondary N) is 1. The minimum Gasteiger partial charge on any atom is -0.627 e. The van der Waals surface area contributed by atoms with Gasteiger partial charge in [-0.05, 0) is 73.7 Å². The van der Waals surface area contributed by atoms with Crippen LogP contribution in [0.2, 0.25) is 0 Å². The molecule has 1 atom stereocenters. The first-order chi connectivity index (χ1) is 21.2. The Morgan fingerprint density at radius 1 is 1.14 bits per heavy atom. The molecule has 2 aliphatic heterocycles. The first kappa shape index (κ1) is 29.1. The Balaban J connectivity index is 1.20. The summed E-state index contributed by atoms with van der Waals surface area (Å²) >= 11 is 1.73. The van der Waals surface area contributed by atoms with Gasteiger partial charge in [-0.25, -0.2) is 9.37 Å². The van der Waals surface area contributed by atoms with Gasteiger partial charge in [-0.3, -0.25) is 9.69 Å². The number of rotatable bonds is 7. The molecule has 5 heterocycles. The predicted molar refractivity (Wildman–Crippen MR) is 171 cm³/mol. The lowest BCUT2D eigenvalue weighted by atomic mass is 9.91. The minimum absolute atomic E-state index is 0.139. The summed E-state index contributed by atoms with van der Waals surface area (Å²) in [7, 11) is 3.65. The van der Waals surface area contributed by atoms with Gasteiger partial charge in [0.25, 0.3) is 5.56 Å². The molecule has 44 heavy (non-hydrogen) atoms. The molecule has 9 nitrogen and oxygen atoms in total. The highest BCUT2D eigenvalue weighted by molar-refractivity contribution is 7.12. The number of aliphatic hydroxyl groups excluding tert-OH is 1. The van der Waals surface area contributed by atoms with Gasteiger partial charge in [0.2, 0.25) is 0 Å². The zero-order valence-electron chi connectivity index (χ0n) is 24.9. The highest BCUT2D eigenvalue weighted by Gasteiger charge is 2.35. The standard InChI is InChI=1S/C33H36FN5O4S/c1-37-16-23(17-37)43-22-7-8-32(35-14-22)36-28-11-20(15-38(2)33(28)41)26-12-21(34)13-29(27(26)19-40)39(42)10-9-25-24-5-3-4-6-30(24)44-31(25)18-39/h7-8,11-15,23,40H,3-6,9-10,16-19H2,1-2H3,(H,35,36). The lowest BCUT2D eigenvalue weighted by Crippen LogP contribution is -2.51. The van der Waals surface area contributed by atoms with E-state index in [1.54, 1.807) is 49.0 Å². The summed E-state index contributed by atoms with van der Waals surface area (Å²) in [6, 6.07) is 7.76. The number of likely N-dealkylation sites (tertiary alicyclic amines) is 1. The number of nitrogens with zero attached hydrogens (tertiary/aromatic N) is 4. The number of ether oxygens (including phenoxy) is 1. The van der Waals surface area contributed by atoms with Crippen molar-refractivity contribution in [1.82, 2.24) is 19.1 Å². The van der Waals surface area contributed by atoms with Gasteiger partial charge in [0.1, 0.15) is 41.4 Å². The summed E-state index contributed by atoms with van der Waals surface area (Å²) in [6.45, 7) is 1.81. The summed E-state index contributed by atoms with van der Waals surface area (Å²) in [5.74, 6) is 0.541. The smallest absolute Gasteiger partial charge is 0.274 e. The Kier molecular flexibility index (Phi) is 7.54. The van der Waals surface area contributed by atoms with Gasteiger partial charge in [-0.1, -0.05) is 0 Å². The van der Waals surface area contributed by atoms with Crippen molar-refractivity contribution in [2.45, 2.75) is 51.4 Å². The van der Waals surface area contributed by atoms with Crippen molar-refractivity contribution in [3.63, 3.8) is 0 Å². The maximum atomic E-state index is 15.3. The number of pyridine rings is 2. The van der Waals surface area contributed by atoms with Crippen LogP contribution in [0.5, 0.6) is 5.75 Å². The largest absolute Gasteiger partial charge is 0.627 e. The van der Waals surface area contributed by atoms with Crippen LogP contribution in [-0.2, 0) is 39.5 Å². The number of aryl methyl sites for hydroxylation is 2. The number of thiophene rings is 1. The van der Waals surface area contributed by atoms with E-state index >= 15 is 4.39 Å². The number of quaternary nitrogens is 1. The molecule has 3 aromatic heterocycles. The van der Waals surface area contributed by atoms with Crippen molar-refractivity contribution in [2.75, 3.05) is 32.0 Å². The molecule has 3 aliphatic rings. The fourth-order valence-corrected chi connectivity index (χ4v) is 8.36. The third-order valence-corrected chi connectivity index (χ3v) is 10.4. The first-order valence-electron chi connectivity index (χ1n) is 15.1. The van der Waals surface area contributed by atoms with Crippen LogP contribution in [0, 0.1) is 11.0 Å². The highest BCUT2D eigenvalue weighted by atomic mass is 32.1. The average molecular weight is 618 g/mol. The molecule has 230 valence electrons. The van der Waals surface area contributed by atoms with Crippen molar-refractivity contribution < 1.29 is 14.2 Å². The molecule has 0 amide bonds. The zero-order valence-corrected chi connectivity index (χ0v) is 25.8. The second-order valence-corrected chi connectivity index (χ2v) is 13.5. The minimum atomic E-state index is -0.723. The number of hydrogen-bond donors (Lipinski definition) is 2. The zero-order chi connectivity index (χ0) is 30.6. The second-order valence-electron chi connectivity index (χ2n) is 12.3. The number of hydrogen-bond acceptors (Lipinski definition) is 8. The van der Waals surface area contributed by atoms with Crippen LogP contribution < -0.4 is 20.3 Å². The lowest BCUT2D eigenvalue weighted by molar-refractivity contribution is 0.0386. The molecule has 1 saturated heterocycles. The molecule has 7 rings (SSSR count). The van der Waals surface area contributed by atoms with Crippen molar-refractivity contribution in [3.8, 4) is 16.9 Å². The number of aromatic nitrogens is 2. The van der Waals surface area contributed by atoms with Crippen molar-refractivity contribution in [2.24, 2.45) is 7.05 Å². The quantitative estimate of drug-likeness (QED) is 0.222. The fourth-order valence-electron chi connectivity index (χ4n) is 6.84. The number of likely N-dealkylation sites (N-methyl/N-ethyl adjacent to an activating group) is 1. The summed E-state index contributed by atoms with van der Waals surface area (Å²) in [6.07, 6.45) is 8.48. The van der Waals surface area contributed by atoms with Gasteiger partial charge in [-0.2, -0.15) is 0 Å². The van der Waals surface area contributed by atoms with Gasteiger partial charge in [0.05, 0.1) is 24.2 Å². The summed E-state index contributed by atoms with van der Waals surface area (Å²) < 4.78 is 21.9. The van der Waals surface area contributed by atoms with E-state index in [-0.39, 0.29) is 36.1 Å². The Morgan fingerprint density at radius 2 is 1.93 bits per heavy atom. The molecule has 0 saturated carbocycles. The molecule has 11 heteroatoms. The van der Waals surface area contributed by atoms with E-state index in [0.29, 0.717) is 34.7 Å². The van der Waals surface area contributed by atoms with Crippen molar-refractivity contribution >= 4 is 28.5 Å². The van der Waals surface area contributed by atoms with Crippen LogP contribution in [0.3, 0.4) is 0 Å². The lowest BCUT2D eigenvalue weighted by Gasteiger charge is -2.45. The van der Waals surface area contributed by atoms with E-state index in [4.69, 9.17) is 4.74 Å². The van der Waals surface area contributed by atoms with Gasteiger partial charge in [0.15, 0.2) is 0 Å². The summed E-state index contributed by atoms with van der Waals surface area (Å²) in [4.78, 5) is 22.2. The first-order valence-corrected chi connectivity index (χ1v) is 16.0. The van der Waals surface area contributed by atoms with Gasteiger partial charge >= 0.3 is 0 Å². The van der Waals surface area contributed by atoms with Crippen molar-refractivity contribution in [1.29, 1.82) is 0 Å². The molecule has 1 aliphatic carbocycles. The van der Waals surface area contributed by atoms with Crippen LogP contribution in [-0.4, -0.2) is 52.3 Å². The normalized spacial score (nSPS) is 20.1. The number of halogens is 1. The van der Waals surface area contributed by atoms with Crippen LogP contribution in [0.4, 0.5) is 21.6 Å². The third kappa shape index (κ3) is 5.33. The molecule has 0 radical (unpaired) electrons. The van der Waals surface area contributed by atoms with Crippen LogP contribution >= 0.6 is 11.3 Å². The maximum absolute atomic E-state index is 15.3. The number of benzene rings is 1. The van der Waals surface area contributed by atoms with E-state index in [0.717, 1.165) is 30.8 Å². The Bertz CT molecular complexity index is 1780. The molecule has 2 N–H and O–H groups in total. The molecular weight excluding hydrogens is 581 g/mol. The Hall–Kier alpha value is -3.61. The van der Waals surface area contributed by atoms with E-state index < -0.39 is 17.1 Å². The highest BCUT2D eigenvalue weighted by Crippen LogP contribution is 2.44.